The number of rotatable bonds is 8. The fourth-order valence-electron chi connectivity index (χ4n) is 2.63. The van der Waals surface area contributed by atoms with Crippen LogP contribution in [-0.2, 0) is 4.79 Å². The van der Waals surface area contributed by atoms with Crippen molar-refractivity contribution in [2.24, 2.45) is 0 Å². The van der Waals surface area contributed by atoms with Gasteiger partial charge in [0.05, 0.1) is 0 Å². The average molecular weight is 285 g/mol. The molecule has 1 saturated carbocycles. The van der Waals surface area contributed by atoms with Crippen LogP contribution in [0.5, 0.6) is 0 Å². The number of urea groups is 1. The van der Waals surface area contributed by atoms with E-state index in [2.05, 4.69) is 22.6 Å². The van der Waals surface area contributed by atoms with Crippen LogP contribution in [0.25, 0.3) is 0 Å². The van der Waals surface area contributed by atoms with Gasteiger partial charge in [-0.15, -0.1) is 0 Å². The van der Waals surface area contributed by atoms with E-state index in [1.165, 1.54) is 25.7 Å². The molecule has 6 heteroatoms. The van der Waals surface area contributed by atoms with E-state index in [0.29, 0.717) is 19.0 Å². The lowest BCUT2D eigenvalue weighted by Crippen LogP contribution is -2.47. The molecule has 3 N–H and O–H groups in total. The molecule has 0 spiro atoms. The van der Waals surface area contributed by atoms with Crippen molar-refractivity contribution in [2.45, 2.75) is 57.5 Å². The van der Waals surface area contributed by atoms with Gasteiger partial charge in [0.2, 0.25) is 0 Å². The minimum atomic E-state index is -0.981. The van der Waals surface area contributed by atoms with Crippen LogP contribution >= 0.6 is 0 Å². The molecule has 6 nitrogen and oxygen atoms in total. The normalized spacial score (nSPS) is 17.1. The molecular formula is C14H27N3O3. The monoisotopic (exact) mass is 285 g/mol. The Kier molecular flexibility index (Phi) is 7.36. The SMILES string of the molecule is CCCC(NC(=O)NCCN(C)C1CCCC1)C(=O)O. The number of nitrogens with one attached hydrogen (secondary N) is 2. The summed E-state index contributed by atoms with van der Waals surface area (Å²) in [6.07, 6.45) is 6.23. The summed E-state index contributed by atoms with van der Waals surface area (Å²) < 4.78 is 0. The summed E-state index contributed by atoms with van der Waals surface area (Å²) in [5.41, 5.74) is 0. The van der Waals surface area contributed by atoms with E-state index < -0.39 is 18.0 Å². The van der Waals surface area contributed by atoms with Crippen molar-refractivity contribution in [3.8, 4) is 0 Å². The summed E-state index contributed by atoms with van der Waals surface area (Å²) in [6, 6.07) is -0.565. The van der Waals surface area contributed by atoms with Crippen molar-refractivity contribution in [1.29, 1.82) is 0 Å². The summed E-state index contributed by atoms with van der Waals surface area (Å²) in [5, 5.41) is 14.2. The average Bonchev–Trinajstić information content (AvgIpc) is 2.91. The molecule has 0 aromatic heterocycles. The van der Waals surface area contributed by atoms with Gasteiger partial charge in [-0.1, -0.05) is 26.2 Å². The molecule has 0 saturated heterocycles. The number of hydrogen-bond acceptors (Lipinski definition) is 3. The van der Waals surface area contributed by atoms with Gasteiger partial charge in [0.25, 0.3) is 0 Å². The molecule has 1 atom stereocenters. The van der Waals surface area contributed by atoms with Crippen molar-refractivity contribution in [2.75, 3.05) is 20.1 Å². The number of carboxylic acids is 1. The Hall–Kier alpha value is -1.30. The minimum Gasteiger partial charge on any atom is -0.480 e. The lowest BCUT2D eigenvalue weighted by Gasteiger charge is -2.24. The number of nitrogens with zero attached hydrogens (tertiary/aromatic N) is 1. The first-order chi connectivity index (χ1) is 9.54. The molecule has 1 aliphatic rings. The van der Waals surface area contributed by atoms with Gasteiger partial charge in [-0.3, -0.25) is 0 Å². The van der Waals surface area contributed by atoms with Gasteiger partial charge in [-0.2, -0.15) is 0 Å². The summed E-state index contributed by atoms with van der Waals surface area (Å²) in [7, 11) is 2.08. The van der Waals surface area contributed by atoms with Gasteiger partial charge in [0.1, 0.15) is 6.04 Å². The highest BCUT2D eigenvalue weighted by molar-refractivity contribution is 5.82. The first-order valence-corrected chi connectivity index (χ1v) is 7.52. The Balaban J connectivity index is 2.19. The lowest BCUT2D eigenvalue weighted by atomic mass is 10.2. The zero-order chi connectivity index (χ0) is 15.0. The molecule has 1 unspecified atom stereocenters. The predicted molar refractivity (Wildman–Crippen MR) is 77.8 cm³/mol. The molecule has 1 rings (SSSR count). The largest absolute Gasteiger partial charge is 0.480 e. The third-order valence-corrected chi connectivity index (χ3v) is 3.88. The van der Waals surface area contributed by atoms with Gasteiger partial charge in [-0.25, -0.2) is 9.59 Å². The molecule has 1 fully saturated rings. The number of carbonyl (C=O) groups is 2. The number of amides is 2. The van der Waals surface area contributed by atoms with Crippen LogP contribution in [0, 0.1) is 0 Å². The van der Waals surface area contributed by atoms with Crippen LogP contribution in [-0.4, -0.2) is 54.2 Å². The molecule has 0 bridgehead atoms. The molecule has 1 aliphatic carbocycles. The molecule has 20 heavy (non-hydrogen) atoms. The van der Waals surface area contributed by atoms with Crippen LogP contribution in [0.1, 0.15) is 45.4 Å². The fourth-order valence-corrected chi connectivity index (χ4v) is 2.63. The van der Waals surface area contributed by atoms with E-state index >= 15 is 0 Å². The van der Waals surface area contributed by atoms with Crippen LogP contribution < -0.4 is 10.6 Å². The molecular weight excluding hydrogens is 258 g/mol. The van der Waals surface area contributed by atoms with Crippen molar-refractivity contribution in [3.63, 3.8) is 0 Å². The molecule has 2 amide bonds. The maximum atomic E-state index is 11.6. The van der Waals surface area contributed by atoms with E-state index in [4.69, 9.17) is 5.11 Å². The Labute approximate surface area is 120 Å². The van der Waals surface area contributed by atoms with Gasteiger partial charge in [0.15, 0.2) is 0 Å². The molecule has 0 heterocycles. The zero-order valence-corrected chi connectivity index (χ0v) is 12.5. The summed E-state index contributed by atoms with van der Waals surface area (Å²) >= 11 is 0. The van der Waals surface area contributed by atoms with Gasteiger partial charge in [0, 0.05) is 19.1 Å². The molecule has 0 aromatic carbocycles. The van der Waals surface area contributed by atoms with E-state index in [1.54, 1.807) is 0 Å². The number of carbonyl (C=O) groups excluding carboxylic acids is 1. The van der Waals surface area contributed by atoms with Crippen LogP contribution in [0.4, 0.5) is 4.79 Å². The smallest absolute Gasteiger partial charge is 0.326 e. The highest BCUT2D eigenvalue weighted by Gasteiger charge is 2.20. The molecule has 0 aromatic rings. The Morgan fingerprint density at radius 2 is 2.00 bits per heavy atom. The van der Waals surface area contributed by atoms with Crippen LogP contribution in [0.15, 0.2) is 0 Å². The van der Waals surface area contributed by atoms with Gasteiger partial charge in [-0.05, 0) is 26.3 Å². The standard InChI is InChI=1S/C14H27N3O3/c1-3-6-12(13(18)19)16-14(20)15-9-10-17(2)11-7-4-5-8-11/h11-12H,3-10H2,1-2H3,(H,18,19)(H2,15,16,20). The minimum absolute atomic E-state index is 0.398. The third-order valence-electron chi connectivity index (χ3n) is 3.88. The Morgan fingerprint density at radius 3 is 2.55 bits per heavy atom. The van der Waals surface area contributed by atoms with E-state index in [1.807, 2.05) is 6.92 Å². The second-order valence-electron chi connectivity index (χ2n) is 5.50. The quantitative estimate of drug-likeness (QED) is 0.630. The second kappa shape index (κ2) is 8.79. The molecule has 0 aliphatic heterocycles. The number of carboxylic acid groups (broad SMARTS) is 1. The maximum Gasteiger partial charge on any atom is 0.326 e. The summed E-state index contributed by atoms with van der Waals surface area (Å²) in [6.45, 7) is 3.23. The van der Waals surface area contributed by atoms with E-state index in [9.17, 15) is 9.59 Å². The Morgan fingerprint density at radius 1 is 1.35 bits per heavy atom. The lowest BCUT2D eigenvalue weighted by molar-refractivity contribution is -0.139. The third kappa shape index (κ3) is 5.77. The highest BCUT2D eigenvalue weighted by Crippen LogP contribution is 2.21. The molecule has 0 radical (unpaired) electrons. The van der Waals surface area contributed by atoms with Crippen molar-refractivity contribution < 1.29 is 14.7 Å². The first-order valence-electron chi connectivity index (χ1n) is 7.52. The number of likely N-dealkylation sites (N-methyl/N-ethyl adjacent to an activating group) is 1. The number of hydrogen-bond donors (Lipinski definition) is 3. The Bertz CT molecular complexity index is 317. The topological polar surface area (TPSA) is 81.7 Å². The predicted octanol–water partition coefficient (Wildman–Crippen LogP) is 1.41. The first kappa shape index (κ1) is 16.8. The van der Waals surface area contributed by atoms with Gasteiger partial charge >= 0.3 is 12.0 Å². The van der Waals surface area contributed by atoms with Crippen LogP contribution in [0.2, 0.25) is 0 Å². The zero-order valence-electron chi connectivity index (χ0n) is 12.5. The second-order valence-corrected chi connectivity index (χ2v) is 5.50. The van der Waals surface area contributed by atoms with Crippen molar-refractivity contribution in [3.05, 3.63) is 0 Å². The van der Waals surface area contributed by atoms with E-state index in [-0.39, 0.29) is 0 Å². The summed E-state index contributed by atoms with van der Waals surface area (Å²) in [4.78, 5) is 24.8. The van der Waals surface area contributed by atoms with Crippen molar-refractivity contribution in [1.82, 2.24) is 15.5 Å². The van der Waals surface area contributed by atoms with Gasteiger partial charge < -0.3 is 20.6 Å². The number of aliphatic carboxylic acids is 1. The fraction of sp³-hybridized carbons (Fsp3) is 0.857. The molecule has 116 valence electrons. The summed E-state index contributed by atoms with van der Waals surface area (Å²) in [5.74, 6) is -0.981. The van der Waals surface area contributed by atoms with E-state index in [0.717, 1.165) is 13.0 Å². The maximum absolute atomic E-state index is 11.6. The van der Waals surface area contributed by atoms with Crippen molar-refractivity contribution >= 4 is 12.0 Å². The highest BCUT2D eigenvalue weighted by atomic mass is 16.4. The van der Waals surface area contributed by atoms with Crippen LogP contribution in [0.3, 0.4) is 0 Å².